The smallest absolute Gasteiger partial charge is 0.140 e. The Kier molecular flexibility index (Phi) is 3.37. The molecule has 0 aliphatic rings. The Morgan fingerprint density at radius 3 is 2.62 bits per heavy atom. The molecule has 0 atom stereocenters. The van der Waals surface area contributed by atoms with Gasteiger partial charge in [-0.2, -0.15) is 0 Å². The predicted octanol–water partition coefficient (Wildman–Crippen LogP) is 3.20. The van der Waals surface area contributed by atoms with Gasteiger partial charge in [0.15, 0.2) is 0 Å². The number of hydrogen-bond donors (Lipinski definition) is 0. The fourth-order valence-electron chi connectivity index (χ4n) is 1.41. The summed E-state index contributed by atoms with van der Waals surface area (Å²) in [6.07, 6.45) is 3.13. The molecule has 0 aliphatic heterocycles. The zero-order valence-corrected chi connectivity index (χ0v) is 9.61. The molecule has 0 N–H and O–H groups in total. The second kappa shape index (κ2) is 4.94. The molecule has 2 rings (SSSR count). The van der Waals surface area contributed by atoms with Crippen molar-refractivity contribution in [3.05, 3.63) is 41.9 Å². The van der Waals surface area contributed by atoms with E-state index in [0.29, 0.717) is 11.8 Å². The second-order valence-corrected chi connectivity index (χ2v) is 3.54. The van der Waals surface area contributed by atoms with Crippen molar-refractivity contribution >= 4 is 11.6 Å². The summed E-state index contributed by atoms with van der Waals surface area (Å²) in [7, 11) is 0. The summed E-state index contributed by atoms with van der Waals surface area (Å²) < 4.78 is 5.36. The summed E-state index contributed by atoms with van der Waals surface area (Å²) in [6, 6.07) is 7.69. The summed E-state index contributed by atoms with van der Waals surface area (Å²) in [5.74, 6) is 0.847. The number of rotatable bonds is 3. The van der Waals surface area contributed by atoms with E-state index in [4.69, 9.17) is 16.3 Å². The van der Waals surface area contributed by atoms with Crippen molar-refractivity contribution in [3.63, 3.8) is 0 Å². The second-order valence-electron chi connectivity index (χ2n) is 3.18. The van der Waals surface area contributed by atoms with Gasteiger partial charge in [-0.1, -0.05) is 23.7 Å². The number of aromatic nitrogens is 2. The van der Waals surface area contributed by atoms with Crippen LogP contribution in [0.5, 0.6) is 5.75 Å². The average molecular weight is 235 g/mol. The van der Waals surface area contributed by atoms with Crippen LogP contribution in [0.4, 0.5) is 0 Å². The Morgan fingerprint density at radius 2 is 2.00 bits per heavy atom. The van der Waals surface area contributed by atoms with Crippen LogP contribution in [-0.2, 0) is 0 Å². The van der Waals surface area contributed by atoms with Crippen molar-refractivity contribution in [1.29, 1.82) is 0 Å². The van der Waals surface area contributed by atoms with E-state index in [2.05, 4.69) is 9.97 Å². The predicted molar refractivity (Wildman–Crippen MR) is 63.6 cm³/mol. The van der Waals surface area contributed by atoms with Crippen molar-refractivity contribution in [2.24, 2.45) is 0 Å². The molecule has 0 spiro atoms. The number of benzene rings is 1. The maximum Gasteiger partial charge on any atom is 0.140 e. The first-order chi connectivity index (χ1) is 7.81. The van der Waals surface area contributed by atoms with Gasteiger partial charge in [0.2, 0.25) is 0 Å². The Labute approximate surface area is 99.1 Å². The molecule has 1 heterocycles. The summed E-state index contributed by atoms with van der Waals surface area (Å²) in [6.45, 7) is 2.62. The highest BCUT2D eigenvalue weighted by atomic mass is 35.5. The fourth-order valence-corrected chi connectivity index (χ4v) is 1.61. The molecule has 0 saturated heterocycles. The standard InChI is InChI=1S/C12H11ClN2O/c1-2-16-10-5-3-9(4-6-10)11-7-14-8-15-12(11)13/h3-8H,2H2,1H3. The molecule has 82 valence electrons. The van der Waals surface area contributed by atoms with Crippen molar-refractivity contribution in [2.45, 2.75) is 6.92 Å². The van der Waals surface area contributed by atoms with Gasteiger partial charge in [-0.05, 0) is 24.6 Å². The molecule has 0 unspecified atom stereocenters. The molecule has 3 nitrogen and oxygen atoms in total. The Balaban J connectivity index is 2.31. The van der Waals surface area contributed by atoms with E-state index in [0.717, 1.165) is 16.9 Å². The van der Waals surface area contributed by atoms with E-state index in [1.807, 2.05) is 31.2 Å². The highest BCUT2D eigenvalue weighted by Gasteiger charge is 2.04. The maximum atomic E-state index is 5.98. The van der Waals surface area contributed by atoms with Gasteiger partial charge in [-0.25, -0.2) is 9.97 Å². The molecule has 1 aromatic heterocycles. The lowest BCUT2D eigenvalue weighted by atomic mass is 10.1. The largest absolute Gasteiger partial charge is 0.494 e. The molecule has 1 aromatic carbocycles. The molecule has 2 aromatic rings. The van der Waals surface area contributed by atoms with Crippen molar-refractivity contribution in [3.8, 4) is 16.9 Å². The highest BCUT2D eigenvalue weighted by molar-refractivity contribution is 6.32. The minimum atomic E-state index is 0.458. The molecule has 0 aliphatic carbocycles. The molecule has 0 radical (unpaired) electrons. The van der Waals surface area contributed by atoms with Crippen LogP contribution >= 0.6 is 11.6 Å². The third kappa shape index (κ3) is 2.31. The fraction of sp³-hybridized carbons (Fsp3) is 0.167. The van der Waals surface area contributed by atoms with Gasteiger partial charge < -0.3 is 4.74 Å². The number of hydrogen-bond acceptors (Lipinski definition) is 3. The minimum absolute atomic E-state index is 0.458. The first-order valence-corrected chi connectivity index (χ1v) is 5.38. The SMILES string of the molecule is CCOc1ccc(-c2cncnc2Cl)cc1. The monoisotopic (exact) mass is 234 g/mol. The normalized spacial score (nSPS) is 10.1. The van der Waals surface area contributed by atoms with Gasteiger partial charge >= 0.3 is 0 Å². The Hall–Kier alpha value is -1.61. The van der Waals surface area contributed by atoms with Crippen LogP contribution in [0.15, 0.2) is 36.8 Å². The third-order valence-corrected chi connectivity index (χ3v) is 2.44. The van der Waals surface area contributed by atoms with Crippen molar-refractivity contribution < 1.29 is 4.74 Å². The van der Waals surface area contributed by atoms with Gasteiger partial charge in [0.1, 0.15) is 17.2 Å². The highest BCUT2D eigenvalue weighted by Crippen LogP contribution is 2.26. The average Bonchev–Trinajstić information content (AvgIpc) is 2.31. The third-order valence-electron chi connectivity index (χ3n) is 2.14. The summed E-state index contributed by atoms with van der Waals surface area (Å²) in [5, 5.41) is 0.458. The molecule has 0 fully saturated rings. The number of ether oxygens (including phenoxy) is 1. The van der Waals surface area contributed by atoms with Crippen molar-refractivity contribution in [2.75, 3.05) is 6.61 Å². The van der Waals surface area contributed by atoms with Crippen LogP contribution in [0.2, 0.25) is 5.15 Å². The molecule has 4 heteroatoms. The van der Waals surface area contributed by atoms with Gasteiger partial charge in [0.25, 0.3) is 0 Å². The van der Waals surface area contributed by atoms with E-state index in [9.17, 15) is 0 Å². The summed E-state index contributed by atoms with van der Waals surface area (Å²) in [4.78, 5) is 7.89. The Morgan fingerprint density at radius 1 is 1.25 bits per heavy atom. The zero-order chi connectivity index (χ0) is 11.4. The van der Waals surface area contributed by atoms with Crippen LogP contribution < -0.4 is 4.74 Å². The van der Waals surface area contributed by atoms with E-state index >= 15 is 0 Å². The van der Waals surface area contributed by atoms with E-state index < -0.39 is 0 Å². The lowest BCUT2D eigenvalue weighted by molar-refractivity contribution is 0.340. The molecular formula is C12H11ClN2O. The van der Waals surface area contributed by atoms with Gasteiger partial charge in [-0.3, -0.25) is 0 Å². The first kappa shape index (κ1) is 10.9. The van der Waals surface area contributed by atoms with E-state index in [1.165, 1.54) is 6.33 Å². The number of nitrogens with zero attached hydrogens (tertiary/aromatic N) is 2. The van der Waals surface area contributed by atoms with Gasteiger partial charge in [-0.15, -0.1) is 0 Å². The number of halogens is 1. The van der Waals surface area contributed by atoms with Crippen LogP contribution in [0.25, 0.3) is 11.1 Å². The zero-order valence-electron chi connectivity index (χ0n) is 8.85. The lowest BCUT2D eigenvalue weighted by Gasteiger charge is -2.05. The van der Waals surface area contributed by atoms with E-state index in [-0.39, 0.29) is 0 Å². The van der Waals surface area contributed by atoms with Crippen LogP contribution in [-0.4, -0.2) is 16.6 Å². The molecule has 16 heavy (non-hydrogen) atoms. The first-order valence-electron chi connectivity index (χ1n) is 5.00. The molecule has 0 amide bonds. The van der Waals surface area contributed by atoms with Crippen LogP contribution in [0.3, 0.4) is 0 Å². The van der Waals surface area contributed by atoms with Crippen LogP contribution in [0, 0.1) is 0 Å². The van der Waals surface area contributed by atoms with Crippen molar-refractivity contribution in [1.82, 2.24) is 9.97 Å². The maximum absolute atomic E-state index is 5.98. The van der Waals surface area contributed by atoms with Gasteiger partial charge in [0, 0.05) is 11.8 Å². The van der Waals surface area contributed by atoms with Gasteiger partial charge in [0.05, 0.1) is 6.61 Å². The molecular weight excluding hydrogens is 224 g/mol. The summed E-state index contributed by atoms with van der Waals surface area (Å²) in [5.41, 5.74) is 1.81. The Bertz CT molecular complexity index is 471. The minimum Gasteiger partial charge on any atom is -0.494 e. The molecule has 0 bridgehead atoms. The summed E-state index contributed by atoms with van der Waals surface area (Å²) >= 11 is 5.98. The molecule has 0 saturated carbocycles. The lowest BCUT2D eigenvalue weighted by Crippen LogP contribution is -1.91. The van der Waals surface area contributed by atoms with E-state index in [1.54, 1.807) is 6.20 Å². The topological polar surface area (TPSA) is 35.0 Å². The van der Waals surface area contributed by atoms with Crippen LogP contribution in [0.1, 0.15) is 6.92 Å². The quantitative estimate of drug-likeness (QED) is 0.765.